The summed E-state index contributed by atoms with van der Waals surface area (Å²) in [6, 6.07) is 11.8. The van der Waals surface area contributed by atoms with Gasteiger partial charge in [0, 0.05) is 10.6 Å². The van der Waals surface area contributed by atoms with Crippen LogP contribution in [0.25, 0.3) is 0 Å². The molecule has 0 aliphatic heterocycles. The van der Waals surface area contributed by atoms with Crippen LogP contribution < -0.4 is 0 Å². The predicted molar refractivity (Wildman–Crippen MR) is 88.3 cm³/mol. The van der Waals surface area contributed by atoms with Gasteiger partial charge in [-0.05, 0) is 36.6 Å². The van der Waals surface area contributed by atoms with Crippen LogP contribution in [-0.2, 0) is 17.0 Å². The van der Waals surface area contributed by atoms with Crippen molar-refractivity contribution in [2.75, 3.05) is 0 Å². The lowest BCUT2D eigenvalue weighted by atomic mass is 10.1. The molecule has 0 aliphatic carbocycles. The monoisotopic (exact) mass is 320 g/mol. The van der Waals surface area contributed by atoms with Crippen molar-refractivity contribution in [3.63, 3.8) is 0 Å². The molecule has 0 fully saturated rings. The van der Waals surface area contributed by atoms with E-state index >= 15 is 0 Å². The van der Waals surface area contributed by atoms with Crippen molar-refractivity contribution in [2.24, 2.45) is 0 Å². The van der Waals surface area contributed by atoms with Gasteiger partial charge in [0.05, 0.1) is 11.4 Å². The maximum Gasteiger partial charge on any atom is 0.307 e. The van der Waals surface area contributed by atoms with Crippen LogP contribution in [0.2, 0.25) is 5.02 Å². The van der Waals surface area contributed by atoms with Crippen molar-refractivity contribution >= 4 is 29.3 Å². The van der Waals surface area contributed by atoms with E-state index in [1.807, 2.05) is 6.07 Å². The molecule has 0 aromatic heterocycles. The number of rotatable bonds is 5. The van der Waals surface area contributed by atoms with Gasteiger partial charge in [-0.1, -0.05) is 47.5 Å². The Labute approximate surface area is 134 Å². The lowest BCUT2D eigenvalue weighted by molar-refractivity contribution is -0.136. The normalized spacial score (nSPS) is 10.6. The molecule has 2 aromatic carbocycles. The number of carbonyl (C=O) groups is 1. The van der Waals surface area contributed by atoms with Crippen LogP contribution in [0.15, 0.2) is 41.3 Å². The van der Waals surface area contributed by atoms with E-state index in [0.717, 1.165) is 16.2 Å². The highest BCUT2D eigenvalue weighted by Gasteiger charge is 2.11. The number of benzene rings is 2. The second-order valence-corrected chi connectivity index (χ2v) is 6.41. The average molecular weight is 321 g/mol. The van der Waals surface area contributed by atoms with E-state index in [4.69, 9.17) is 16.7 Å². The highest BCUT2D eigenvalue weighted by molar-refractivity contribution is 7.98. The Bertz CT molecular complexity index is 668. The fourth-order valence-electron chi connectivity index (χ4n) is 2.12. The van der Waals surface area contributed by atoms with E-state index in [-0.39, 0.29) is 6.42 Å². The van der Waals surface area contributed by atoms with Crippen LogP contribution in [0, 0.1) is 13.8 Å². The largest absolute Gasteiger partial charge is 0.481 e. The number of thioether (sulfide) groups is 1. The Balaban J connectivity index is 2.23. The van der Waals surface area contributed by atoms with E-state index in [1.165, 1.54) is 16.7 Å². The summed E-state index contributed by atoms with van der Waals surface area (Å²) >= 11 is 7.83. The van der Waals surface area contributed by atoms with Crippen LogP contribution in [0.5, 0.6) is 0 Å². The predicted octanol–water partition coefficient (Wildman–Crippen LogP) is 4.88. The molecule has 0 saturated heterocycles. The second kappa shape index (κ2) is 7.01. The molecule has 0 radical (unpaired) electrons. The molecular weight excluding hydrogens is 304 g/mol. The Hall–Kier alpha value is -1.45. The van der Waals surface area contributed by atoms with Gasteiger partial charge in [-0.15, -0.1) is 11.8 Å². The van der Waals surface area contributed by atoms with Crippen molar-refractivity contribution in [3.8, 4) is 0 Å². The first kappa shape index (κ1) is 15.9. The third-order valence-electron chi connectivity index (χ3n) is 3.27. The highest BCUT2D eigenvalue weighted by Crippen LogP contribution is 2.34. The summed E-state index contributed by atoms with van der Waals surface area (Å²) in [5.41, 5.74) is 4.48. The molecule has 2 aromatic rings. The number of carboxylic acids is 1. The molecule has 0 heterocycles. The lowest BCUT2D eigenvalue weighted by Gasteiger charge is -2.11. The molecular formula is C17H17ClO2S. The molecule has 4 heteroatoms. The summed E-state index contributed by atoms with van der Waals surface area (Å²) in [5, 5.41) is 9.61. The van der Waals surface area contributed by atoms with Gasteiger partial charge in [0.25, 0.3) is 0 Å². The first-order valence-electron chi connectivity index (χ1n) is 6.65. The van der Waals surface area contributed by atoms with E-state index < -0.39 is 5.97 Å². The number of aryl methyl sites for hydroxylation is 2. The quantitative estimate of drug-likeness (QED) is 0.798. The second-order valence-electron chi connectivity index (χ2n) is 5.02. The number of hydrogen-bond acceptors (Lipinski definition) is 2. The number of hydrogen-bond donors (Lipinski definition) is 1. The van der Waals surface area contributed by atoms with Crippen LogP contribution >= 0.6 is 23.4 Å². The molecule has 0 atom stereocenters. The SMILES string of the molecule is Cc1ccc(C)c(CSc2c(Cl)cccc2CC(=O)O)c1. The molecule has 2 rings (SSSR count). The zero-order valence-corrected chi connectivity index (χ0v) is 13.6. The van der Waals surface area contributed by atoms with Gasteiger partial charge in [0.1, 0.15) is 0 Å². The molecule has 0 spiro atoms. The maximum absolute atomic E-state index is 11.0. The minimum Gasteiger partial charge on any atom is -0.481 e. The molecule has 2 nitrogen and oxygen atoms in total. The van der Waals surface area contributed by atoms with Crippen molar-refractivity contribution in [3.05, 3.63) is 63.7 Å². The van der Waals surface area contributed by atoms with Crippen molar-refractivity contribution in [1.82, 2.24) is 0 Å². The van der Waals surface area contributed by atoms with E-state index in [2.05, 4.69) is 32.0 Å². The first-order chi connectivity index (χ1) is 9.97. The summed E-state index contributed by atoms with van der Waals surface area (Å²) in [7, 11) is 0. The first-order valence-corrected chi connectivity index (χ1v) is 8.02. The summed E-state index contributed by atoms with van der Waals surface area (Å²) in [5.74, 6) is -0.0602. The Morgan fingerprint density at radius 1 is 1.19 bits per heavy atom. The highest BCUT2D eigenvalue weighted by atomic mass is 35.5. The van der Waals surface area contributed by atoms with Gasteiger partial charge in [-0.3, -0.25) is 4.79 Å². The summed E-state index contributed by atoms with van der Waals surface area (Å²) in [6.07, 6.45) is -0.00427. The number of carboxylic acid groups (broad SMARTS) is 1. The van der Waals surface area contributed by atoms with E-state index in [1.54, 1.807) is 23.9 Å². The van der Waals surface area contributed by atoms with Gasteiger partial charge < -0.3 is 5.11 Å². The topological polar surface area (TPSA) is 37.3 Å². The zero-order chi connectivity index (χ0) is 15.4. The summed E-state index contributed by atoms with van der Waals surface area (Å²) < 4.78 is 0. The number of halogens is 1. The lowest BCUT2D eigenvalue weighted by Crippen LogP contribution is -2.02. The minimum absolute atomic E-state index is 0.00427. The van der Waals surface area contributed by atoms with Crippen molar-refractivity contribution < 1.29 is 9.90 Å². The molecule has 0 saturated carbocycles. The Morgan fingerprint density at radius 3 is 2.67 bits per heavy atom. The van der Waals surface area contributed by atoms with Crippen LogP contribution in [-0.4, -0.2) is 11.1 Å². The molecule has 21 heavy (non-hydrogen) atoms. The van der Waals surface area contributed by atoms with Crippen LogP contribution in [0.3, 0.4) is 0 Å². The zero-order valence-electron chi connectivity index (χ0n) is 12.0. The van der Waals surface area contributed by atoms with E-state index in [0.29, 0.717) is 5.02 Å². The third-order valence-corrected chi connectivity index (χ3v) is 4.92. The molecule has 0 aliphatic rings. The summed E-state index contributed by atoms with van der Waals surface area (Å²) in [6.45, 7) is 4.15. The molecule has 1 N–H and O–H groups in total. The number of aliphatic carboxylic acids is 1. The fourth-order valence-corrected chi connectivity index (χ4v) is 3.62. The van der Waals surface area contributed by atoms with Crippen molar-refractivity contribution in [2.45, 2.75) is 30.9 Å². The maximum atomic E-state index is 11.0. The van der Waals surface area contributed by atoms with Crippen molar-refractivity contribution in [1.29, 1.82) is 0 Å². The van der Waals surface area contributed by atoms with Crippen LogP contribution in [0.1, 0.15) is 22.3 Å². The van der Waals surface area contributed by atoms with Gasteiger partial charge in [0.15, 0.2) is 0 Å². The van der Waals surface area contributed by atoms with Crippen LogP contribution in [0.4, 0.5) is 0 Å². The molecule has 0 amide bonds. The molecule has 0 unspecified atom stereocenters. The van der Waals surface area contributed by atoms with Gasteiger partial charge >= 0.3 is 5.97 Å². The third kappa shape index (κ3) is 4.26. The van der Waals surface area contributed by atoms with E-state index in [9.17, 15) is 4.79 Å². The van der Waals surface area contributed by atoms with Gasteiger partial charge in [-0.25, -0.2) is 0 Å². The summed E-state index contributed by atoms with van der Waals surface area (Å²) in [4.78, 5) is 11.8. The Morgan fingerprint density at radius 2 is 1.95 bits per heavy atom. The standard InChI is InChI=1S/C17H17ClO2S/c1-11-6-7-12(2)14(8-11)10-21-17-13(9-16(19)20)4-3-5-15(17)18/h3-8H,9-10H2,1-2H3,(H,19,20). The molecule has 110 valence electrons. The smallest absolute Gasteiger partial charge is 0.307 e. The van der Waals surface area contributed by atoms with Gasteiger partial charge in [-0.2, -0.15) is 0 Å². The molecule has 0 bridgehead atoms. The minimum atomic E-state index is -0.842. The van der Waals surface area contributed by atoms with Gasteiger partial charge in [0.2, 0.25) is 0 Å². The fraction of sp³-hybridized carbons (Fsp3) is 0.235. The Kier molecular flexibility index (Phi) is 5.32. The average Bonchev–Trinajstić information content (AvgIpc) is 2.41.